The largest absolute Gasteiger partial charge is 0.355 e. The molecule has 1 aromatic heterocycles. The number of aryl methyl sites for hydroxylation is 1. The zero-order valence-corrected chi connectivity index (χ0v) is 15.0. The number of amides is 2. The average molecular weight is 342 g/mol. The van der Waals surface area contributed by atoms with Gasteiger partial charge in [-0.1, -0.05) is 24.6 Å². The number of benzene rings is 1. The van der Waals surface area contributed by atoms with Gasteiger partial charge in [-0.25, -0.2) is 0 Å². The Balaban J connectivity index is 1.93. The minimum atomic E-state index is -0.174. The maximum atomic E-state index is 12.5. The topological polar surface area (TPSA) is 58.2 Å². The molecule has 2 N–H and O–H groups in total. The fraction of sp³-hybridized carbons (Fsp3) is 0.368. The zero-order valence-electron chi connectivity index (χ0n) is 14.2. The van der Waals surface area contributed by atoms with E-state index in [1.54, 1.807) is 30.5 Å². The Kier molecular flexibility index (Phi) is 4.71. The second-order valence-electron chi connectivity index (χ2n) is 6.46. The van der Waals surface area contributed by atoms with E-state index in [1.165, 1.54) is 4.88 Å². The van der Waals surface area contributed by atoms with Crippen molar-refractivity contribution in [3.8, 4) is 0 Å². The highest BCUT2D eigenvalue weighted by molar-refractivity contribution is 7.17. The van der Waals surface area contributed by atoms with E-state index in [4.69, 9.17) is 0 Å². The summed E-state index contributed by atoms with van der Waals surface area (Å²) in [5, 5.41) is 6.32. The fourth-order valence-corrected chi connectivity index (χ4v) is 4.49. The van der Waals surface area contributed by atoms with Gasteiger partial charge in [0.15, 0.2) is 0 Å². The van der Waals surface area contributed by atoms with Crippen LogP contribution in [0.4, 0.5) is 5.00 Å². The molecule has 1 heterocycles. The van der Waals surface area contributed by atoms with Crippen LogP contribution in [0.2, 0.25) is 0 Å². The second-order valence-corrected chi connectivity index (χ2v) is 7.56. The van der Waals surface area contributed by atoms with Gasteiger partial charge < -0.3 is 10.6 Å². The van der Waals surface area contributed by atoms with Crippen molar-refractivity contribution in [2.75, 3.05) is 12.4 Å². The highest BCUT2D eigenvalue weighted by atomic mass is 32.1. The lowest BCUT2D eigenvalue weighted by Crippen LogP contribution is -2.22. The molecule has 3 rings (SSSR count). The standard InChI is InChI=1S/C19H22N2O2S/c1-11-4-7-13(8-5-11)17(22)21-19-16(18(23)20-3)14-9-6-12(2)10-15(14)24-19/h4-5,7-8,12H,6,9-10H2,1-3H3,(H,20,23)(H,21,22)/t12-/m0/s1. The normalized spacial score (nSPS) is 16.4. The number of nitrogens with one attached hydrogen (secondary N) is 2. The average Bonchev–Trinajstić information content (AvgIpc) is 2.91. The molecule has 1 aliphatic carbocycles. The van der Waals surface area contributed by atoms with Crippen molar-refractivity contribution in [1.82, 2.24) is 5.32 Å². The van der Waals surface area contributed by atoms with Crippen molar-refractivity contribution >= 4 is 28.2 Å². The number of hydrogen-bond acceptors (Lipinski definition) is 3. The van der Waals surface area contributed by atoms with Crippen LogP contribution in [0.5, 0.6) is 0 Å². The molecule has 126 valence electrons. The Bertz CT molecular complexity index is 777. The summed E-state index contributed by atoms with van der Waals surface area (Å²) in [7, 11) is 1.63. The van der Waals surface area contributed by atoms with Gasteiger partial charge in [0.25, 0.3) is 11.8 Å². The molecular formula is C19H22N2O2S. The van der Waals surface area contributed by atoms with Crippen LogP contribution in [0.3, 0.4) is 0 Å². The third-order valence-electron chi connectivity index (χ3n) is 4.51. The molecule has 2 aromatic rings. The number of carbonyl (C=O) groups is 2. The highest BCUT2D eigenvalue weighted by Crippen LogP contribution is 2.39. The zero-order chi connectivity index (χ0) is 17.3. The smallest absolute Gasteiger partial charge is 0.256 e. The third-order valence-corrected chi connectivity index (χ3v) is 5.68. The van der Waals surface area contributed by atoms with Gasteiger partial charge in [0, 0.05) is 17.5 Å². The van der Waals surface area contributed by atoms with Gasteiger partial charge in [0.2, 0.25) is 0 Å². The first-order valence-electron chi connectivity index (χ1n) is 8.24. The summed E-state index contributed by atoms with van der Waals surface area (Å²) in [6.45, 7) is 4.21. The first-order valence-corrected chi connectivity index (χ1v) is 9.06. The minimum absolute atomic E-state index is 0.124. The molecule has 4 nitrogen and oxygen atoms in total. The summed E-state index contributed by atoms with van der Waals surface area (Å²) < 4.78 is 0. The second kappa shape index (κ2) is 6.77. The molecule has 0 aliphatic heterocycles. The van der Waals surface area contributed by atoms with Gasteiger partial charge in [-0.15, -0.1) is 11.3 Å². The van der Waals surface area contributed by atoms with Crippen LogP contribution in [0.1, 0.15) is 50.1 Å². The fourth-order valence-electron chi connectivity index (χ4n) is 3.08. The van der Waals surface area contributed by atoms with Gasteiger partial charge in [0.1, 0.15) is 5.00 Å². The van der Waals surface area contributed by atoms with Gasteiger partial charge in [-0.3, -0.25) is 9.59 Å². The van der Waals surface area contributed by atoms with Crippen molar-refractivity contribution in [2.24, 2.45) is 5.92 Å². The predicted molar refractivity (Wildman–Crippen MR) is 98.0 cm³/mol. The Morgan fingerprint density at radius 3 is 2.54 bits per heavy atom. The van der Waals surface area contributed by atoms with Crippen LogP contribution >= 0.6 is 11.3 Å². The van der Waals surface area contributed by atoms with E-state index < -0.39 is 0 Å². The van der Waals surface area contributed by atoms with E-state index in [2.05, 4.69) is 17.6 Å². The molecular weight excluding hydrogens is 320 g/mol. The first kappa shape index (κ1) is 16.7. The summed E-state index contributed by atoms with van der Waals surface area (Å²) >= 11 is 1.54. The summed E-state index contributed by atoms with van der Waals surface area (Å²) in [6.07, 6.45) is 2.96. The van der Waals surface area contributed by atoms with E-state index in [0.29, 0.717) is 22.0 Å². The molecule has 2 amide bonds. The molecule has 0 radical (unpaired) electrons. The Labute approximate surface area is 146 Å². The molecule has 1 aromatic carbocycles. The third kappa shape index (κ3) is 3.22. The Morgan fingerprint density at radius 2 is 1.88 bits per heavy atom. The molecule has 24 heavy (non-hydrogen) atoms. The number of thiophene rings is 1. The van der Waals surface area contributed by atoms with Crippen molar-refractivity contribution in [3.63, 3.8) is 0 Å². The summed E-state index contributed by atoms with van der Waals surface area (Å²) in [5.41, 5.74) is 3.46. The van der Waals surface area contributed by atoms with E-state index in [0.717, 1.165) is 30.4 Å². The first-order chi connectivity index (χ1) is 11.5. The quantitative estimate of drug-likeness (QED) is 0.891. The van der Waals surface area contributed by atoms with Crippen molar-refractivity contribution < 1.29 is 9.59 Å². The van der Waals surface area contributed by atoms with Crippen molar-refractivity contribution in [3.05, 3.63) is 51.4 Å². The molecule has 0 spiro atoms. The Hall–Kier alpha value is -2.14. The molecule has 0 fully saturated rings. The van der Waals surface area contributed by atoms with E-state index in [1.807, 2.05) is 19.1 Å². The van der Waals surface area contributed by atoms with Gasteiger partial charge >= 0.3 is 0 Å². The number of hydrogen-bond donors (Lipinski definition) is 2. The molecule has 1 atom stereocenters. The van der Waals surface area contributed by atoms with E-state index >= 15 is 0 Å². The van der Waals surface area contributed by atoms with Gasteiger partial charge in [-0.2, -0.15) is 0 Å². The maximum Gasteiger partial charge on any atom is 0.256 e. The minimum Gasteiger partial charge on any atom is -0.355 e. The maximum absolute atomic E-state index is 12.5. The number of rotatable bonds is 3. The Morgan fingerprint density at radius 1 is 1.17 bits per heavy atom. The van der Waals surface area contributed by atoms with Crippen LogP contribution in [0.25, 0.3) is 0 Å². The lowest BCUT2D eigenvalue weighted by Gasteiger charge is -2.18. The van der Waals surface area contributed by atoms with E-state index in [9.17, 15) is 9.59 Å². The van der Waals surface area contributed by atoms with Crippen molar-refractivity contribution in [1.29, 1.82) is 0 Å². The predicted octanol–water partition coefficient (Wildman–Crippen LogP) is 3.79. The van der Waals surface area contributed by atoms with Crippen LogP contribution in [0.15, 0.2) is 24.3 Å². The van der Waals surface area contributed by atoms with Gasteiger partial charge in [0.05, 0.1) is 5.56 Å². The lowest BCUT2D eigenvalue weighted by molar-refractivity contribution is 0.0963. The number of anilines is 1. The van der Waals surface area contributed by atoms with Gasteiger partial charge in [-0.05, 0) is 49.8 Å². The van der Waals surface area contributed by atoms with Crippen LogP contribution in [-0.4, -0.2) is 18.9 Å². The highest BCUT2D eigenvalue weighted by Gasteiger charge is 2.28. The lowest BCUT2D eigenvalue weighted by atomic mass is 9.88. The molecule has 0 saturated heterocycles. The monoisotopic (exact) mass is 342 g/mol. The molecule has 5 heteroatoms. The summed E-state index contributed by atoms with van der Waals surface area (Å²) in [6, 6.07) is 7.44. The van der Waals surface area contributed by atoms with E-state index in [-0.39, 0.29) is 11.8 Å². The summed E-state index contributed by atoms with van der Waals surface area (Å²) in [5.74, 6) is 0.322. The SMILES string of the molecule is CNC(=O)c1c(NC(=O)c2ccc(C)cc2)sc2c1CC[C@H](C)C2. The van der Waals surface area contributed by atoms with Crippen LogP contribution in [0, 0.1) is 12.8 Å². The van der Waals surface area contributed by atoms with Crippen LogP contribution in [-0.2, 0) is 12.8 Å². The number of carbonyl (C=O) groups excluding carboxylic acids is 2. The number of fused-ring (bicyclic) bond motifs is 1. The summed E-state index contributed by atoms with van der Waals surface area (Å²) in [4.78, 5) is 26.1. The molecule has 0 saturated carbocycles. The molecule has 1 aliphatic rings. The molecule has 0 unspecified atom stereocenters. The van der Waals surface area contributed by atoms with Crippen molar-refractivity contribution in [2.45, 2.75) is 33.1 Å². The van der Waals surface area contributed by atoms with Crippen LogP contribution < -0.4 is 10.6 Å². The molecule has 0 bridgehead atoms.